The Bertz CT molecular complexity index is 1320. The number of carbonyl (C=O) groups is 2. The van der Waals surface area contributed by atoms with Crippen LogP contribution in [0.4, 0.5) is 10.9 Å². The maximum atomic E-state index is 12.0. The minimum Gasteiger partial charge on any atom is -0.478 e. The van der Waals surface area contributed by atoms with Crippen LogP contribution in [0.2, 0.25) is 10.0 Å². The summed E-state index contributed by atoms with van der Waals surface area (Å²) in [5, 5.41) is 17.1. The number of allylic oxidation sites excluding steroid dienone is 3. The number of aldehydes is 1. The molecule has 0 spiro atoms. The molecule has 0 aliphatic heterocycles. The number of aryl methyl sites for hydroxylation is 1. The monoisotopic (exact) mass is 544 g/mol. The quantitative estimate of drug-likeness (QED) is 0.137. The van der Waals surface area contributed by atoms with E-state index in [1.165, 1.54) is 23.6 Å². The van der Waals surface area contributed by atoms with Crippen molar-refractivity contribution in [2.75, 3.05) is 12.4 Å². The highest BCUT2D eigenvalue weighted by Crippen LogP contribution is 2.37. The molecule has 0 atom stereocenters. The number of rotatable bonds is 11. The minimum atomic E-state index is -1.18. The number of nitrogens with one attached hydrogen (secondary N) is 2. The molecule has 3 N–H and O–H groups in total. The van der Waals surface area contributed by atoms with Crippen molar-refractivity contribution in [2.24, 2.45) is 5.92 Å². The summed E-state index contributed by atoms with van der Waals surface area (Å²) in [6.45, 7) is 4.31. The van der Waals surface area contributed by atoms with E-state index in [-0.39, 0.29) is 11.4 Å². The molecule has 0 unspecified atom stereocenters. The number of aromatic carboxylic acids is 1. The lowest BCUT2D eigenvalue weighted by molar-refractivity contribution is -0.103. The minimum absolute atomic E-state index is 0.0761. The lowest BCUT2D eigenvalue weighted by Crippen LogP contribution is -2.06. The predicted octanol–water partition coefficient (Wildman–Crippen LogP) is 6.86. The molecule has 0 fully saturated rings. The zero-order valence-corrected chi connectivity index (χ0v) is 22.3. The molecule has 1 aromatic carbocycles. The zero-order valence-electron chi connectivity index (χ0n) is 20.0. The van der Waals surface area contributed by atoms with Crippen molar-refractivity contribution >= 4 is 63.3 Å². The van der Waals surface area contributed by atoms with E-state index in [2.05, 4.69) is 29.5 Å². The number of hydrogen-bond donors (Lipinski definition) is 3. The zero-order chi connectivity index (χ0) is 26.2. The summed E-state index contributed by atoms with van der Waals surface area (Å²) in [5.41, 5.74) is 2.20. The number of aromatic nitrogens is 2. The lowest BCUT2D eigenvalue weighted by atomic mass is 10.0. The van der Waals surface area contributed by atoms with Gasteiger partial charge in [-0.1, -0.05) is 43.1 Å². The second-order valence-corrected chi connectivity index (χ2v) is 10.2. The molecule has 0 saturated heterocycles. The number of carboxylic acids is 1. The van der Waals surface area contributed by atoms with Crippen LogP contribution in [-0.2, 0) is 11.2 Å². The third-order valence-corrected chi connectivity index (χ3v) is 6.95. The van der Waals surface area contributed by atoms with Crippen LogP contribution in [0.3, 0.4) is 0 Å². The summed E-state index contributed by atoms with van der Waals surface area (Å²) < 4.78 is 0. The molecular formula is C26H26Cl2N4O3S. The SMILES string of the molecule is CN/C=C\C=C(/C=O)c1cnc(Nc2nc(-c3ccc(Cl)c(Cl)c3)c(CCC(C)C)s2)c(C(=O)O)c1. The first-order valence-corrected chi connectivity index (χ1v) is 12.8. The topological polar surface area (TPSA) is 104 Å². The van der Waals surface area contributed by atoms with Crippen LogP contribution < -0.4 is 10.6 Å². The highest BCUT2D eigenvalue weighted by atomic mass is 35.5. The molecule has 0 amide bonds. The average Bonchev–Trinajstić information content (AvgIpc) is 3.25. The van der Waals surface area contributed by atoms with Crippen molar-refractivity contribution in [3.05, 3.63) is 74.9 Å². The third-order valence-electron chi connectivity index (χ3n) is 5.18. The number of nitrogens with zero attached hydrogens (tertiary/aromatic N) is 2. The summed E-state index contributed by atoms with van der Waals surface area (Å²) in [4.78, 5) is 33.6. The standard InChI is InChI=1S/C26H26Cl2N4O3S/c1-15(2)6-9-22-23(16-7-8-20(27)21(28)12-16)31-26(36-22)32-24-19(25(34)35)11-18(13-30-24)17(14-33)5-4-10-29-3/h4-5,7-8,10-15,29H,6,9H2,1-3H3,(H,34,35)(H,30,31,32)/b10-4-,17-5+. The molecule has 7 nitrogen and oxygen atoms in total. The van der Waals surface area contributed by atoms with Gasteiger partial charge < -0.3 is 15.7 Å². The lowest BCUT2D eigenvalue weighted by Gasteiger charge is -2.08. The molecule has 0 aliphatic carbocycles. The van der Waals surface area contributed by atoms with Gasteiger partial charge in [-0.15, -0.1) is 11.3 Å². The fraction of sp³-hybridized carbons (Fsp3) is 0.231. The summed E-state index contributed by atoms with van der Waals surface area (Å²) in [7, 11) is 1.73. The first kappa shape index (κ1) is 27.4. The van der Waals surface area contributed by atoms with E-state index < -0.39 is 5.97 Å². The van der Waals surface area contributed by atoms with E-state index in [9.17, 15) is 14.7 Å². The van der Waals surface area contributed by atoms with Crippen molar-refractivity contribution < 1.29 is 14.7 Å². The van der Waals surface area contributed by atoms with Crippen LogP contribution in [0.1, 0.15) is 41.1 Å². The molecule has 3 aromatic rings. The van der Waals surface area contributed by atoms with Crippen molar-refractivity contribution in [1.29, 1.82) is 0 Å². The number of anilines is 2. The van der Waals surface area contributed by atoms with Gasteiger partial charge in [0.05, 0.1) is 15.7 Å². The van der Waals surface area contributed by atoms with Gasteiger partial charge in [-0.25, -0.2) is 14.8 Å². The molecule has 0 saturated carbocycles. The van der Waals surface area contributed by atoms with Gasteiger partial charge in [-0.05, 0) is 55.3 Å². The van der Waals surface area contributed by atoms with Crippen LogP contribution in [0, 0.1) is 5.92 Å². The normalized spacial score (nSPS) is 11.8. The molecule has 2 aromatic heterocycles. The van der Waals surface area contributed by atoms with Crippen molar-refractivity contribution in [3.8, 4) is 11.3 Å². The molecular weight excluding hydrogens is 519 g/mol. The Morgan fingerprint density at radius 1 is 1.22 bits per heavy atom. The summed E-state index contributed by atoms with van der Waals surface area (Å²) >= 11 is 13.8. The maximum Gasteiger partial charge on any atom is 0.339 e. The van der Waals surface area contributed by atoms with E-state index in [0.29, 0.717) is 38.5 Å². The van der Waals surface area contributed by atoms with Crippen molar-refractivity contribution in [1.82, 2.24) is 15.3 Å². The van der Waals surface area contributed by atoms with E-state index in [1.807, 2.05) is 6.07 Å². The number of carbonyl (C=O) groups excluding carboxylic acids is 1. The van der Waals surface area contributed by atoms with Crippen LogP contribution in [-0.4, -0.2) is 34.4 Å². The number of benzene rings is 1. The number of pyridine rings is 1. The van der Waals surface area contributed by atoms with Crippen molar-refractivity contribution in [2.45, 2.75) is 26.7 Å². The number of thiazole rings is 1. The second kappa shape index (κ2) is 12.7. The van der Waals surface area contributed by atoms with Crippen LogP contribution in [0.15, 0.2) is 48.8 Å². The van der Waals surface area contributed by atoms with E-state index >= 15 is 0 Å². The van der Waals surface area contributed by atoms with Crippen LogP contribution in [0.25, 0.3) is 16.8 Å². The average molecular weight is 545 g/mol. The first-order chi connectivity index (χ1) is 17.2. The van der Waals surface area contributed by atoms with Crippen molar-refractivity contribution in [3.63, 3.8) is 0 Å². The van der Waals surface area contributed by atoms with E-state index in [0.717, 1.165) is 29.0 Å². The molecule has 10 heteroatoms. The van der Waals surface area contributed by atoms with Gasteiger partial charge in [0.2, 0.25) is 0 Å². The molecule has 0 radical (unpaired) electrons. The number of halogens is 2. The Kier molecular flexibility index (Phi) is 9.64. The van der Waals surface area contributed by atoms with E-state index in [1.54, 1.807) is 37.5 Å². The predicted molar refractivity (Wildman–Crippen MR) is 147 cm³/mol. The summed E-state index contributed by atoms with van der Waals surface area (Å²) in [5.74, 6) is -0.544. The molecule has 188 valence electrons. The van der Waals surface area contributed by atoms with Gasteiger partial charge in [0.25, 0.3) is 0 Å². The molecule has 36 heavy (non-hydrogen) atoms. The van der Waals surface area contributed by atoms with E-state index in [4.69, 9.17) is 28.2 Å². The Morgan fingerprint density at radius 3 is 2.64 bits per heavy atom. The number of hydrogen-bond acceptors (Lipinski definition) is 7. The van der Waals surface area contributed by atoms with Crippen LogP contribution in [0.5, 0.6) is 0 Å². The Hall–Kier alpha value is -3.20. The Labute approximate surface area is 223 Å². The highest BCUT2D eigenvalue weighted by molar-refractivity contribution is 7.16. The molecule has 0 bridgehead atoms. The first-order valence-electron chi connectivity index (χ1n) is 11.2. The van der Waals surface area contributed by atoms with Crippen LogP contribution >= 0.6 is 34.5 Å². The van der Waals surface area contributed by atoms with Gasteiger partial charge in [0.1, 0.15) is 11.4 Å². The molecule has 3 rings (SSSR count). The maximum absolute atomic E-state index is 12.0. The van der Waals surface area contributed by atoms with Gasteiger partial charge in [-0.2, -0.15) is 0 Å². The van der Waals surface area contributed by atoms with Gasteiger partial charge in [-0.3, -0.25) is 4.79 Å². The second-order valence-electron chi connectivity index (χ2n) is 8.29. The Balaban J connectivity index is 2.00. The van der Waals surface area contributed by atoms with Gasteiger partial charge >= 0.3 is 5.97 Å². The fourth-order valence-electron chi connectivity index (χ4n) is 3.30. The largest absolute Gasteiger partial charge is 0.478 e. The highest BCUT2D eigenvalue weighted by Gasteiger charge is 2.19. The molecule has 0 aliphatic rings. The fourth-order valence-corrected chi connectivity index (χ4v) is 4.60. The van der Waals surface area contributed by atoms with Gasteiger partial charge in [0, 0.05) is 34.8 Å². The smallest absolute Gasteiger partial charge is 0.339 e. The summed E-state index contributed by atoms with van der Waals surface area (Å²) in [6, 6.07) is 6.77. The summed E-state index contributed by atoms with van der Waals surface area (Å²) in [6.07, 6.45) is 8.75. The third kappa shape index (κ3) is 6.94. The van der Waals surface area contributed by atoms with Gasteiger partial charge in [0.15, 0.2) is 11.4 Å². The molecule has 2 heterocycles. The number of carboxylic acid groups (broad SMARTS) is 1. The Morgan fingerprint density at radius 2 is 2.00 bits per heavy atom.